The van der Waals surface area contributed by atoms with E-state index in [0.29, 0.717) is 19.7 Å². The Kier molecular flexibility index (Phi) is 8.18. The minimum atomic E-state index is 0.0752. The molecule has 0 atom stereocenters. The largest absolute Gasteiger partial charge is 0.491 e. The highest BCUT2D eigenvalue weighted by molar-refractivity contribution is 5.77. The third-order valence-corrected chi connectivity index (χ3v) is 4.16. The Morgan fingerprint density at radius 2 is 1.76 bits per heavy atom. The Bertz CT molecular complexity index is 511. The van der Waals surface area contributed by atoms with Gasteiger partial charge in [-0.1, -0.05) is 12.1 Å². The summed E-state index contributed by atoms with van der Waals surface area (Å²) in [6.45, 7) is 10.4. The molecule has 0 aliphatic carbocycles. The SMILES string of the molecule is COCCNC(=O)CN1CCN(Cc2ccc(OC(C)C)cc2)CC1. The van der Waals surface area contributed by atoms with E-state index >= 15 is 0 Å². The van der Waals surface area contributed by atoms with Crippen molar-refractivity contribution < 1.29 is 14.3 Å². The Balaban J connectivity index is 1.68. The molecular weight excluding hydrogens is 318 g/mol. The van der Waals surface area contributed by atoms with E-state index in [9.17, 15) is 4.79 Å². The molecule has 1 amide bonds. The van der Waals surface area contributed by atoms with Gasteiger partial charge in [-0.05, 0) is 31.5 Å². The van der Waals surface area contributed by atoms with E-state index in [-0.39, 0.29) is 12.0 Å². The van der Waals surface area contributed by atoms with Crippen molar-refractivity contribution >= 4 is 5.91 Å². The van der Waals surface area contributed by atoms with Crippen LogP contribution in [0.25, 0.3) is 0 Å². The Morgan fingerprint density at radius 1 is 1.12 bits per heavy atom. The minimum absolute atomic E-state index is 0.0752. The van der Waals surface area contributed by atoms with Gasteiger partial charge in [0.05, 0.1) is 19.3 Å². The van der Waals surface area contributed by atoms with Crippen LogP contribution in [0.3, 0.4) is 0 Å². The number of piperazine rings is 1. The Hall–Kier alpha value is -1.63. The second kappa shape index (κ2) is 10.4. The third-order valence-electron chi connectivity index (χ3n) is 4.16. The highest BCUT2D eigenvalue weighted by Gasteiger charge is 2.18. The smallest absolute Gasteiger partial charge is 0.234 e. The van der Waals surface area contributed by atoms with Gasteiger partial charge in [0.1, 0.15) is 5.75 Å². The van der Waals surface area contributed by atoms with E-state index < -0.39 is 0 Å². The van der Waals surface area contributed by atoms with E-state index in [1.165, 1.54) is 5.56 Å². The number of carbonyl (C=O) groups is 1. The molecule has 1 heterocycles. The number of nitrogens with zero attached hydrogens (tertiary/aromatic N) is 2. The molecule has 0 aromatic heterocycles. The van der Waals surface area contributed by atoms with Gasteiger partial charge in [-0.2, -0.15) is 0 Å². The first-order valence-corrected chi connectivity index (χ1v) is 9.02. The van der Waals surface area contributed by atoms with Gasteiger partial charge in [0.2, 0.25) is 5.91 Å². The molecule has 140 valence electrons. The van der Waals surface area contributed by atoms with Gasteiger partial charge in [0, 0.05) is 46.4 Å². The van der Waals surface area contributed by atoms with Crippen molar-refractivity contribution in [2.45, 2.75) is 26.5 Å². The molecule has 1 saturated heterocycles. The maximum atomic E-state index is 11.8. The molecule has 1 aromatic carbocycles. The van der Waals surface area contributed by atoms with Gasteiger partial charge >= 0.3 is 0 Å². The Labute approximate surface area is 151 Å². The second-order valence-electron chi connectivity index (χ2n) is 6.71. The molecule has 6 nitrogen and oxygen atoms in total. The van der Waals surface area contributed by atoms with Gasteiger partial charge in [0.15, 0.2) is 0 Å². The van der Waals surface area contributed by atoms with Gasteiger partial charge < -0.3 is 14.8 Å². The molecule has 1 fully saturated rings. The molecule has 6 heteroatoms. The number of rotatable bonds is 9. The van der Waals surface area contributed by atoms with Crippen molar-refractivity contribution in [2.24, 2.45) is 0 Å². The topological polar surface area (TPSA) is 54.0 Å². The standard InChI is InChI=1S/C19H31N3O3/c1-16(2)25-18-6-4-17(5-7-18)14-21-9-11-22(12-10-21)15-19(23)20-8-13-24-3/h4-7,16H,8-15H2,1-3H3,(H,20,23). The summed E-state index contributed by atoms with van der Waals surface area (Å²) in [6, 6.07) is 8.34. The number of methoxy groups -OCH3 is 1. The zero-order valence-corrected chi connectivity index (χ0v) is 15.7. The second-order valence-corrected chi connectivity index (χ2v) is 6.71. The normalized spacial score (nSPS) is 16.2. The first-order valence-electron chi connectivity index (χ1n) is 9.02. The summed E-state index contributed by atoms with van der Waals surface area (Å²) < 4.78 is 10.6. The number of carbonyl (C=O) groups excluding carboxylic acids is 1. The van der Waals surface area contributed by atoms with Crippen LogP contribution in [0.5, 0.6) is 5.75 Å². The van der Waals surface area contributed by atoms with Crippen LogP contribution in [0, 0.1) is 0 Å². The molecule has 0 spiro atoms. The lowest BCUT2D eigenvalue weighted by atomic mass is 10.2. The van der Waals surface area contributed by atoms with Gasteiger partial charge in [0.25, 0.3) is 0 Å². The fourth-order valence-corrected chi connectivity index (χ4v) is 2.86. The highest BCUT2D eigenvalue weighted by Crippen LogP contribution is 2.15. The van der Waals surface area contributed by atoms with Crippen LogP contribution in [0.15, 0.2) is 24.3 Å². The van der Waals surface area contributed by atoms with Crippen molar-refractivity contribution in [3.63, 3.8) is 0 Å². The fraction of sp³-hybridized carbons (Fsp3) is 0.632. The summed E-state index contributed by atoms with van der Waals surface area (Å²) in [4.78, 5) is 16.5. The zero-order chi connectivity index (χ0) is 18.1. The van der Waals surface area contributed by atoms with E-state index in [0.717, 1.165) is 38.5 Å². The number of ether oxygens (including phenoxy) is 2. The number of hydrogen-bond donors (Lipinski definition) is 1. The molecule has 1 aliphatic heterocycles. The molecule has 0 unspecified atom stereocenters. The summed E-state index contributed by atoms with van der Waals surface area (Å²) in [5.41, 5.74) is 1.29. The molecule has 1 N–H and O–H groups in total. The average Bonchev–Trinajstić information content (AvgIpc) is 2.58. The lowest BCUT2D eigenvalue weighted by Crippen LogP contribution is -2.49. The molecule has 0 bridgehead atoms. The van der Waals surface area contributed by atoms with Crippen LogP contribution in [-0.4, -0.2) is 74.8 Å². The number of nitrogens with one attached hydrogen (secondary N) is 1. The third kappa shape index (κ3) is 7.42. The van der Waals surface area contributed by atoms with Gasteiger partial charge in [-0.3, -0.25) is 14.6 Å². The molecule has 1 aliphatic rings. The predicted octanol–water partition coefficient (Wildman–Crippen LogP) is 1.35. The van der Waals surface area contributed by atoms with Crippen molar-refractivity contribution in [1.29, 1.82) is 0 Å². The number of benzene rings is 1. The average molecular weight is 349 g/mol. The summed E-state index contributed by atoms with van der Waals surface area (Å²) in [7, 11) is 1.64. The van der Waals surface area contributed by atoms with Crippen molar-refractivity contribution in [1.82, 2.24) is 15.1 Å². The number of hydrogen-bond acceptors (Lipinski definition) is 5. The van der Waals surface area contributed by atoms with E-state index in [1.54, 1.807) is 7.11 Å². The summed E-state index contributed by atoms with van der Waals surface area (Å²) in [6.07, 6.45) is 0.200. The maximum Gasteiger partial charge on any atom is 0.234 e. The quantitative estimate of drug-likeness (QED) is 0.682. The summed E-state index contributed by atoms with van der Waals surface area (Å²) in [5.74, 6) is 0.995. The molecular formula is C19H31N3O3. The zero-order valence-electron chi connectivity index (χ0n) is 15.7. The lowest BCUT2D eigenvalue weighted by molar-refractivity contribution is -0.122. The first kappa shape index (κ1) is 19.7. The van der Waals surface area contributed by atoms with Crippen molar-refractivity contribution in [2.75, 3.05) is 53.0 Å². The van der Waals surface area contributed by atoms with Crippen LogP contribution in [-0.2, 0) is 16.1 Å². The summed E-state index contributed by atoms with van der Waals surface area (Å²) >= 11 is 0. The monoisotopic (exact) mass is 349 g/mol. The van der Waals surface area contributed by atoms with E-state index in [4.69, 9.17) is 9.47 Å². The molecule has 2 rings (SSSR count). The molecule has 1 aromatic rings. The minimum Gasteiger partial charge on any atom is -0.491 e. The van der Waals surface area contributed by atoms with Crippen LogP contribution < -0.4 is 10.1 Å². The molecule has 0 saturated carbocycles. The van der Waals surface area contributed by atoms with Gasteiger partial charge in [-0.15, -0.1) is 0 Å². The van der Waals surface area contributed by atoms with Crippen LogP contribution in [0.2, 0.25) is 0 Å². The van der Waals surface area contributed by atoms with Crippen LogP contribution in [0.4, 0.5) is 0 Å². The molecule has 25 heavy (non-hydrogen) atoms. The van der Waals surface area contributed by atoms with Gasteiger partial charge in [-0.25, -0.2) is 0 Å². The highest BCUT2D eigenvalue weighted by atomic mass is 16.5. The first-order chi connectivity index (χ1) is 12.1. The molecule has 0 radical (unpaired) electrons. The maximum absolute atomic E-state index is 11.8. The Morgan fingerprint density at radius 3 is 2.36 bits per heavy atom. The van der Waals surface area contributed by atoms with Crippen LogP contribution >= 0.6 is 0 Å². The van der Waals surface area contributed by atoms with Crippen molar-refractivity contribution in [3.8, 4) is 5.75 Å². The van der Waals surface area contributed by atoms with E-state index in [1.807, 2.05) is 26.0 Å². The summed E-state index contributed by atoms with van der Waals surface area (Å²) in [5, 5.41) is 2.87. The lowest BCUT2D eigenvalue weighted by Gasteiger charge is -2.34. The van der Waals surface area contributed by atoms with Crippen LogP contribution in [0.1, 0.15) is 19.4 Å². The van der Waals surface area contributed by atoms with E-state index in [2.05, 4.69) is 27.2 Å². The fourth-order valence-electron chi connectivity index (χ4n) is 2.86. The number of amides is 1. The van der Waals surface area contributed by atoms with Crippen molar-refractivity contribution in [3.05, 3.63) is 29.8 Å². The predicted molar refractivity (Wildman–Crippen MR) is 98.8 cm³/mol.